The molecule has 0 bridgehead atoms. The minimum atomic E-state index is -0.203. The molecule has 0 radical (unpaired) electrons. The zero-order valence-electron chi connectivity index (χ0n) is 12.1. The highest BCUT2D eigenvalue weighted by Crippen LogP contribution is 2.36. The normalized spacial score (nSPS) is 11.8. The standard InChI is InChI=1S/C18H14N2OS/c1-13(12-19)22-18-20-16(14-8-4-2-5-9-14)17(21-18)15-10-6-3-7-11-15/h2-11,13H,1H3. The number of hydrogen-bond donors (Lipinski definition) is 0. The Kier molecular flexibility index (Phi) is 4.27. The summed E-state index contributed by atoms with van der Waals surface area (Å²) in [4.78, 5) is 4.59. The Balaban J connectivity index is 2.09. The summed E-state index contributed by atoms with van der Waals surface area (Å²) in [6, 6.07) is 22.0. The highest BCUT2D eigenvalue weighted by atomic mass is 32.2. The molecule has 22 heavy (non-hydrogen) atoms. The summed E-state index contributed by atoms with van der Waals surface area (Å²) in [5, 5.41) is 9.28. The zero-order chi connectivity index (χ0) is 15.4. The van der Waals surface area contributed by atoms with Gasteiger partial charge >= 0.3 is 0 Å². The molecule has 2 aromatic carbocycles. The summed E-state index contributed by atoms with van der Waals surface area (Å²) >= 11 is 1.33. The fraction of sp³-hybridized carbons (Fsp3) is 0.111. The Morgan fingerprint density at radius 2 is 1.59 bits per heavy atom. The zero-order valence-corrected chi connectivity index (χ0v) is 12.9. The van der Waals surface area contributed by atoms with Crippen molar-refractivity contribution in [2.24, 2.45) is 0 Å². The van der Waals surface area contributed by atoms with Gasteiger partial charge in [0.2, 0.25) is 0 Å². The molecule has 3 rings (SSSR count). The van der Waals surface area contributed by atoms with Gasteiger partial charge in [0.05, 0.1) is 11.3 Å². The van der Waals surface area contributed by atoms with E-state index in [1.54, 1.807) is 0 Å². The molecule has 3 nitrogen and oxygen atoms in total. The van der Waals surface area contributed by atoms with Gasteiger partial charge < -0.3 is 4.42 Å². The Morgan fingerprint density at radius 3 is 2.18 bits per heavy atom. The van der Waals surface area contributed by atoms with E-state index in [0.717, 1.165) is 22.6 Å². The number of benzene rings is 2. The van der Waals surface area contributed by atoms with Crippen molar-refractivity contribution in [2.75, 3.05) is 0 Å². The molecule has 4 heteroatoms. The van der Waals surface area contributed by atoms with E-state index in [9.17, 15) is 0 Å². The maximum Gasteiger partial charge on any atom is 0.258 e. The van der Waals surface area contributed by atoms with Gasteiger partial charge in [-0.2, -0.15) is 5.26 Å². The number of aromatic nitrogens is 1. The largest absolute Gasteiger partial charge is 0.431 e. The van der Waals surface area contributed by atoms with Crippen molar-refractivity contribution >= 4 is 11.8 Å². The van der Waals surface area contributed by atoms with Gasteiger partial charge in [-0.25, -0.2) is 4.98 Å². The van der Waals surface area contributed by atoms with Crippen LogP contribution in [0.3, 0.4) is 0 Å². The van der Waals surface area contributed by atoms with Crippen LogP contribution in [0.5, 0.6) is 0 Å². The van der Waals surface area contributed by atoms with Gasteiger partial charge in [0, 0.05) is 11.1 Å². The Bertz CT molecular complexity index is 734. The molecule has 0 aliphatic carbocycles. The molecule has 1 heterocycles. The van der Waals surface area contributed by atoms with Gasteiger partial charge in [-0.1, -0.05) is 60.7 Å². The average Bonchev–Trinajstić information content (AvgIpc) is 3.00. The summed E-state index contributed by atoms with van der Waals surface area (Å²) in [5.74, 6) is 0.736. The maximum absolute atomic E-state index is 8.97. The summed E-state index contributed by atoms with van der Waals surface area (Å²) in [5.41, 5.74) is 2.78. The van der Waals surface area contributed by atoms with Crippen molar-refractivity contribution < 1.29 is 4.42 Å². The van der Waals surface area contributed by atoms with E-state index in [1.165, 1.54) is 11.8 Å². The van der Waals surface area contributed by atoms with Gasteiger partial charge in [0.1, 0.15) is 5.69 Å². The third-order valence-electron chi connectivity index (χ3n) is 3.15. The predicted octanol–water partition coefficient (Wildman–Crippen LogP) is 5.01. The van der Waals surface area contributed by atoms with Crippen molar-refractivity contribution in [3.8, 4) is 28.7 Å². The molecule has 0 N–H and O–H groups in total. The van der Waals surface area contributed by atoms with Crippen LogP contribution >= 0.6 is 11.8 Å². The smallest absolute Gasteiger partial charge is 0.258 e. The number of thioether (sulfide) groups is 1. The van der Waals surface area contributed by atoms with Crippen LogP contribution in [-0.4, -0.2) is 10.2 Å². The number of nitrogens with zero attached hydrogens (tertiary/aromatic N) is 2. The number of hydrogen-bond acceptors (Lipinski definition) is 4. The molecule has 0 saturated heterocycles. The van der Waals surface area contributed by atoms with Crippen LogP contribution in [0.1, 0.15) is 6.92 Å². The Labute approximate surface area is 133 Å². The second-order valence-electron chi connectivity index (χ2n) is 4.78. The molecule has 1 unspecified atom stereocenters. The first-order valence-corrected chi connectivity index (χ1v) is 7.84. The average molecular weight is 306 g/mol. The minimum Gasteiger partial charge on any atom is -0.431 e. The molecule has 108 valence electrons. The van der Waals surface area contributed by atoms with Crippen LogP contribution in [0.15, 0.2) is 70.3 Å². The fourth-order valence-electron chi connectivity index (χ4n) is 2.11. The monoisotopic (exact) mass is 306 g/mol. The van der Waals surface area contributed by atoms with Crippen LogP contribution in [-0.2, 0) is 0 Å². The summed E-state index contributed by atoms with van der Waals surface area (Å²) in [6.45, 7) is 1.83. The van der Waals surface area contributed by atoms with Crippen molar-refractivity contribution in [1.82, 2.24) is 4.98 Å². The SMILES string of the molecule is CC(C#N)Sc1nc(-c2ccccc2)c(-c2ccccc2)o1. The summed E-state index contributed by atoms with van der Waals surface area (Å²) in [7, 11) is 0. The van der Waals surface area contributed by atoms with Crippen LogP contribution in [0.2, 0.25) is 0 Å². The number of oxazole rings is 1. The van der Waals surface area contributed by atoms with Crippen molar-refractivity contribution in [2.45, 2.75) is 17.4 Å². The molecule has 0 saturated carbocycles. The van der Waals surface area contributed by atoms with E-state index < -0.39 is 0 Å². The lowest BCUT2D eigenvalue weighted by Crippen LogP contribution is -1.89. The van der Waals surface area contributed by atoms with Crippen LogP contribution < -0.4 is 0 Å². The van der Waals surface area contributed by atoms with Gasteiger partial charge in [0.15, 0.2) is 5.76 Å². The molecule has 1 atom stereocenters. The van der Waals surface area contributed by atoms with Crippen molar-refractivity contribution in [3.05, 3.63) is 60.7 Å². The molecule has 3 aromatic rings. The third-order valence-corrected chi connectivity index (χ3v) is 3.99. The molecule has 0 amide bonds. The van der Waals surface area contributed by atoms with Crippen molar-refractivity contribution in [1.29, 1.82) is 5.26 Å². The van der Waals surface area contributed by atoms with Gasteiger partial charge in [0.25, 0.3) is 5.22 Å². The number of nitriles is 1. The van der Waals surface area contributed by atoms with Crippen LogP contribution in [0, 0.1) is 11.3 Å². The van der Waals surface area contributed by atoms with Crippen LogP contribution in [0.25, 0.3) is 22.6 Å². The van der Waals surface area contributed by atoms with Gasteiger partial charge in [-0.3, -0.25) is 0 Å². The van der Waals surface area contributed by atoms with E-state index in [1.807, 2.05) is 67.6 Å². The molecule has 1 aromatic heterocycles. The molecular formula is C18H14N2OS. The van der Waals surface area contributed by atoms with Crippen LogP contribution in [0.4, 0.5) is 0 Å². The third kappa shape index (κ3) is 3.05. The molecule has 0 aliphatic rings. The Hall–Kier alpha value is -2.51. The first kappa shape index (κ1) is 14.4. The molecule has 0 spiro atoms. The first-order chi connectivity index (χ1) is 10.8. The second-order valence-corrected chi connectivity index (χ2v) is 6.07. The Morgan fingerprint density at radius 1 is 1.00 bits per heavy atom. The summed E-state index contributed by atoms with van der Waals surface area (Å²) < 4.78 is 5.93. The number of rotatable bonds is 4. The minimum absolute atomic E-state index is 0.203. The van der Waals surface area contributed by atoms with E-state index >= 15 is 0 Å². The quantitative estimate of drug-likeness (QED) is 0.635. The fourth-order valence-corrected chi connectivity index (χ4v) is 2.74. The van der Waals surface area contributed by atoms with E-state index in [-0.39, 0.29) is 5.25 Å². The van der Waals surface area contributed by atoms with Crippen molar-refractivity contribution in [3.63, 3.8) is 0 Å². The lowest BCUT2D eigenvalue weighted by molar-refractivity contribution is 0.466. The summed E-state index contributed by atoms with van der Waals surface area (Å²) in [6.07, 6.45) is 0. The van der Waals surface area contributed by atoms with E-state index in [0.29, 0.717) is 5.22 Å². The maximum atomic E-state index is 8.97. The lowest BCUT2D eigenvalue weighted by atomic mass is 10.1. The molecular weight excluding hydrogens is 292 g/mol. The topological polar surface area (TPSA) is 49.8 Å². The van der Waals surface area contributed by atoms with Gasteiger partial charge in [-0.05, 0) is 18.7 Å². The van der Waals surface area contributed by atoms with E-state index in [4.69, 9.17) is 9.68 Å². The predicted molar refractivity (Wildman–Crippen MR) is 88.3 cm³/mol. The van der Waals surface area contributed by atoms with E-state index in [2.05, 4.69) is 11.1 Å². The highest BCUT2D eigenvalue weighted by molar-refractivity contribution is 7.99. The highest BCUT2D eigenvalue weighted by Gasteiger charge is 2.18. The lowest BCUT2D eigenvalue weighted by Gasteiger charge is -2.00. The molecule has 0 aliphatic heterocycles. The first-order valence-electron chi connectivity index (χ1n) is 6.96. The second kappa shape index (κ2) is 6.50. The van der Waals surface area contributed by atoms with Gasteiger partial charge in [-0.15, -0.1) is 0 Å². The molecule has 0 fully saturated rings.